The van der Waals surface area contributed by atoms with Crippen LogP contribution in [0.15, 0.2) is 195 Å². The first-order valence-corrected chi connectivity index (χ1v) is 18.7. The molecule has 3 aromatic heterocycles. The fourth-order valence-electron chi connectivity index (χ4n) is 8.92. The molecule has 256 valence electrons. The minimum Gasteiger partial charge on any atom is -0.455 e. The van der Waals surface area contributed by atoms with E-state index in [4.69, 9.17) is 13.3 Å². The Morgan fingerprint density at radius 2 is 0.818 bits per heavy atom. The van der Waals surface area contributed by atoms with Crippen molar-refractivity contribution in [2.45, 2.75) is 0 Å². The first-order valence-electron chi connectivity index (χ1n) is 18.7. The van der Waals surface area contributed by atoms with Crippen LogP contribution in [0, 0.1) is 0 Å². The second-order valence-electron chi connectivity index (χ2n) is 14.3. The Labute approximate surface area is 315 Å². The Hall–Kier alpha value is -7.36. The summed E-state index contributed by atoms with van der Waals surface area (Å²) >= 11 is 0. The standard InChI is InChI=1S/C52H30O3/c1-3-14-31(15-4-1)47-49-45(55-50(47)32-16-5-2-6-17-32)29-27-40-42-30-33(26-28-44(42)54-52(40)49)46-35-19-7-9-21-37(35)48(38-22-10-8-20-36(38)46)41-24-13-23-39-34-18-11-12-25-43(34)53-51(39)41/h1-30H. The molecule has 0 unspecified atom stereocenters. The molecule has 0 bridgehead atoms. The van der Waals surface area contributed by atoms with E-state index in [1.165, 1.54) is 32.7 Å². The summed E-state index contributed by atoms with van der Waals surface area (Å²) in [5, 5.41) is 10.1. The van der Waals surface area contributed by atoms with E-state index in [1.54, 1.807) is 0 Å². The van der Waals surface area contributed by atoms with Gasteiger partial charge in [-0.3, -0.25) is 0 Å². The van der Waals surface area contributed by atoms with Gasteiger partial charge in [-0.15, -0.1) is 0 Å². The van der Waals surface area contributed by atoms with Gasteiger partial charge < -0.3 is 13.3 Å². The highest BCUT2D eigenvalue weighted by Gasteiger charge is 2.24. The number of benzene rings is 9. The fraction of sp³-hybridized carbons (Fsp3) is 0. The second kappa shape index (κ2) is 11.6. The molecule has 0 aliphatic carbocycles. The van der Waals surface area contributed by atoms with Gasteiger partial charge in [0.25, 0.3) is 0 Å². The van der Waals surface area contributed by atoms with Crippen molar-refractivity contribution in [3.8, 4) is 44.7 Å². The Morgan fingerprint density at radius 1 is 0.273 bits per heavy atom. The highest BCUT2D eigenvalue weighted by atomic mass is 16.3. The van der Waals surface area contributed by atoms with E-state index in [-0.39, 0.29) is 0 Å². The molecule has 0 saturated carbocycles. The van der Waals surface area contributed by atoms with Crippen molar-refractivity contribution in [3.63, 3.8) is 0 Å². The molecule has 0 fully saturated rings. The van der Waals surface area contributed by atoms with Gasteiger partial charge in [0.2, 0.25) is 0 Å². The van der Waals surface area contributed by atoms with Crippen LogP contribution in [0.2, 0.25) is 0 Å². The quantitative estimate of drug-likeness (QED) is 0.171. The number of hydrogen-bond donors (Lipinski definition) is 0. The summed E-state index contributed by atoms with van der Waals surface area (Å²) < 4.78 is 20.1. The van der Waals surface area contributed by atoms with Crippen LogP contribution < -0.4 is 0 Å². The SMILES string of the molecule is c1ccc(-c2oc3ccc4c5cc(-c6c7ccccc7c(-c7cccc8c7oc7ccccc78)c7ccccc67)ccc5oc4c3c2-c2ccccc2)cc1. The molecular formula is C52H30O3. The lowest BCUT2D eigenvalue weighted by Gasteiger charge is -2.18. The summed E-state index contributed by atoms with van der Waals surface area (Å²) in [7, 11) is 0. The van der Waals surface area contributed by atoms with Gasteiger partial charge in [0.1, 0.15) is 33.7 Å². The molecule has 0 saturated heterocycles. The molecule has 12 aromatic rings. The van der Waals surface area contributed by atoms with Crippen LogP contribution >= 0.6 is 0 Å². The third-order valence-electron chi connectivity index (χ3n) is 11.3. The van der Waals surface area contributed by atoms with Gasteiger partial charge in [0, 0.05) is 43.8 Å². The van der Waals surface area contributed by atoms with Gasteiger partial charge in [0.05, 0.1) is 5.39 Å². The van der Waals surface area contributed by atoms with Crippen LogP contribution in [0.25, 0.3) is 121 Å². The van der Waals surface area contributed by atoms with Crippen molar-refractivity contribution in [2.24, 2.45) is 0 Å². The lowest BCUT2D eigenvalue weighted by atomic mass is 9.85. The van der Waals surface area contributed by atoms with Crippen molar-refractivity contribution in [1.82, 2.24) is 0 Å². The van der Waals surface area contributed by atoms with E-state index in [9.17, 15) is 0 Å². The van der Waals surface area contributed by atoms with Crippen LogP contribution in [0.5, 0.6) is 0 Å². The zero-order valence-electron chi connectivity index (χ0n) is 29.5. The van der Waals surface area contributed by atoms with E-state index in [0.29, 0.717) is 0 Å². The molecule has 55 heavy (non-hydrogen) atoms. The molecule has 0 atom stereocenters. The third-order valence-corrected chi connectivity index (χ3v) is 11.3. The fourth-order valence-corrected chi connectivity index (χ4v) is 8.92. The van der Waals surface area contributed by atoms with Crippen molar-refractivity contribution < 1.29 is 13.3 Å². The maximum absolute atomic E-state index is 6.82. The van der Waals surface area contributed by atoms with Gasteiger partial charge in [-0.1, -0.05) is 152 Å². The Bertz CT molecular complexity index is 3420. The van der Waals surface area contributed by atoms with Crippen LogP contribution in [-0.2, 0) is 0 Å². The average Bonchev–Trinajstić information content (AvgIpc) is 3.95. The topological polar surface area (TPSA) is 39.4 Å². The Morgan fingerprint density at radius 3 is 1.55 bits per heavy atom. The van der Waals surface area contributed by atoms with E-state index >= 15 is 0 Å². The number of rotatable bonds is 4. The Kier molecular flexibility index (Phi) is 6.34. The lowest BCUT2D eigenvalue weighted by molar-refractivity contribution is 0.631. The van der Waals surface area contributed by atoms with Crippen molar-refractivity contribution in [1.29, 1.82) is 0 Å². The normalized spacial score (nSPS) is 12.0. The molecule has 0 radical (unpaired) electrons. The minimum absolute atomic E-state index is 0.802. The first kappa shape index (κ1) is 30.1. The number of furan rings is 3. The van der Waals surface area contributed by atoms with E-state index in [1.807, 2.05) is 18.2 Å². The van der Waals surface area contributed by atoms with E-state index < -0.39 is 0 Å². The molecule has 12 rings (SSSR count). The number of hydrogen-bond acceptors (Lipinski definition) is 3. The van der Waals surface area contributed by atoms with Crippen molar-refractivity contribution >= 4 is 76.4 Å². The molecule has 3 nitrogen and oxygen atoms in total. The molecular weight excluding hydrogens is 673 g/mol. The molecule has 0 aliphatic heterocycles. The maximum atomic E-state index is 6.82. The summed E-state index contributed by atoms with van der Waals surface area (Å²) in [5.41, 5.74) is 12.1. The lowest BCUT2D eigenvalue weighted by Crippen LogP contribution is -1.91. The summed E-state index contributed by atoms with van der Waals surface area (Å²) in [6.07, 6.45) is 0. The molecule has 3 heterocycles. The smallest absolute Gasteiger partial charge is 0.147 e. The van der Waals surface area contributed by atoms with Gasteiger partial charge >= 0.3 is 0 Å². The number of para-hydroxylation sites is 2. The third kappa shape index (κ3) is 4.38. The molecule has 0 amide bonds. The second-order valence-corrected chi connectivity index (χ2v) is 14.3. The monoisotopic (exact) mass is 702 g/mol. The minimum atomic E-state index is 0.802. The summed E-state index contributed by atoms with van der Waals surface area (Å²) in [6, 6.07) is 64.1. The molecule has 0 spiro atoms. The predicted octanol–water partition coefficient (Wildman–Crippen LogP) is 15.2. The van der Waals surface area contributed by atoms with Crippen LogP contribution in [0.4, 0.5) is 0 Å². The van der Waals surface area contributed by atoms with E-state index in [2.05, 4.69) is 164 Å². The van der Waals surface area contributed by atoms with Crippen LogP contribution in [0.3, 0.4) is 0 Å². The van der Waals surface area contributed by atoms with Gasteiger partial charge in [-0.25, -0.2) is 0 Å². The summed E-state index contributed by atoms with van der Waals surface area (Å²) in [5.74, 6) is 0.840. The molecule has 3 heteroatoms. The van der Waals surface area contributed by atoms with Crippen molar-refractivity contribution in [2.75, 3.05) is 0 Å². The van der Waals surface area contributed by atoms with Crippen LogP contribution in [0.1, 0.15) is 0 Å². The summed E-state index contributed by atoms with van der Waals surface area (Å²) in [6.45, 7) is 0. The summed E-state index contributed by atoms with van der Waals surface area (Å²) in [4.78, 5) is 0. The largest absolute Gasteiger partial charge is 0.455 e. The zero-order chi connectivity index (χ0) is 36.0. The molecule has 9 aromatic carbocycles. The highest BCUT2D eigenvalue weighted by Crippen LogP contribution is 2.49. The van der Waals surface area contributed by atoms with Gasteiger partial charge in [-0.2, -0.15) is 0 Å². The highest BCUT2D eigenvalue weighted by molar-refractivity contribution is 6.25. The molecule has 0 N–H and O–H groups in total. The number of fused-ring (bicyclic) bond motifs is 10. The Balaban J connectivity index is 1.12. The van der Waals surface area contributed by atoms with E-state index in [0.717, 1.165) is 88.4 Å². The van der Waals surface area contributed by atoms with Crippen LogP contribution in [-0.4, -0.2) is 0 Å². The van der Waals surface area contributed by atoms with Gasteiger partial charge in [-0.05, 0) is 68.6 Å². The van der Waals surface area contributed by atoms with Crippen molar-refractivity contribution in [3.05, 3.63) is 182 Å². The molecule has 0 aliphatic rings. The maximum Gasteiger partial charge on any atom is 0.147 e. The average molecular weight is 703 g/mol. The van der Waals surface area contributed by atoms with Gasteiger partial charge in [0.15, 0.2) is 0 Å². The zero-order valence-corrected chi connectivity index (χ0v) is 29.5. The predicted molar refractivity (Wildman–Crippen MR) is 228 cm³/mol. The first-order chi connectivity index (χ1) is 27.3.